The molecule has 0 aliphatic rings. The first-order chi connectivity index (χ1) is 14.7. The van der Waals surface area contributed by atoms with E-state index in [9.17, 15) is 18.0 Å². The standard InChI is InChI=1S/C21H23ClN4O4S/c1-14(2)26(13-19-24-18-9-4-3-8-17(18)21(28)25-19)20(27)10-11-23-31(29,30)16-7-5-6-15(22)12-16/h3-9,12,14,23H,10-11,13H2,1-2H3,(H,24,25,28). The number of benzene rings is 2. The SMILES string of the molecule is CC(C)N(Cc1nc2ccccc2c(=O)[nH]1)C(=O)CCNS(=O)(=O)c1cccc(Cl)c1. The van der Waals surface area contributed by atoms with Crippen LogP contribution in [0.15, 0.2) is 58.2 Å². The van der Waals surface area contributed by atoms with Gasteiger partial charge in [0, 0.05) is 24.0 Å². The van der Waals surface area contributed by atoms with Gasteiger partial charge < -0.3 is 9.88 Å². The minimum atomic E-state index is -3.78. The summed E-state index contributed by atoms with van der Waals surface area (Å²) in [6, 6.07) is 12.7. The summed E-state index contributed by atoms with van der Waals surface area (Å²) in [5, 5.41) is 0.783. The Hall–Kier alpha value is -2.75. The van der Waals surface area contributed by atoms with E-state index in [1.165, 1.54) is 12.1 Å². The number of amides is 1. The third-order valence-electron chi connectivity index (χ3n) is 4.66. The molecule has 1 amide bonds. The second kappa shape index (κ2) is 9.59. The molecule has 0 radical (unpaired) electrons. The van der Waals surface area contributed by atoms with Crippen LogP contribution in [0.1, 0.15) is 26.1 Å². The number of fused-ring (bicyclic) bond motifs is 1. The molecule has 0 aliphatic heterocycles. The van der Waals surface area contributed by atoms with Crippen molar-refractivity contribution in [1.29, 1.82) is 0 Å². The topological polar surface area (TPSA) is 112 Å². The fraction of sp³-hybridized carbons (Fsp3) is 0.286. The van der Waals surface area contributed by atoms with Gasteiger partial charge in [-0.05, 0) is 44.2 Å². The largest absolute Gasteiger partial charge is 0.333 e. The first-order valence-corrected chi connectivity index (χ1v) is 11.6. The average Bonchev–Trinajstić information content (AvgIpc) is 2.71. The first kappa shape index (κ1) is 22.9. The van der Waals surface area contributed by atoms with Gasteiger partial charge in [-0.15, -0.1) is 0 Å². The van der Waals surface area contributed by atoms with E-state index in [4.69, 9.17) is 11.6 Å². The second-order valence-corrected chi connectivity index (χ2v) is 9.45. The fourth-order valence-electron chi connectivity index (χ4n) is 3.08. The van der Waals surface area contributed by atoms with Crippen LogP contribution in [0.25, 0.3) is 10.9 Å². The summed E-state index contributed by atoms with van der Waals surface area (Å²) >= 11 is 5.85. The number of nitrogens with zero attached hydrogens (tertiary/aromatic N) is 2. The lowest BCUT2D eigenvalue weighted by molar-refractivity contribution is -0.133. The van der Waals surface area contributed by atoms with Gasteiger partial charge in [-0.3, -0.25) is 9.59 Å². The van der Waals surface area contributed by atoms with Crippen molar-refractivity contribution < 1.29 is 13.2 Å². The number of aromatic nitrogens is 2. The highest BCUT2D eigenvalue weighted by Crippen LogP contribution is 2.15. The molecule has 164 valence electrons. The molecule has 0 spiro atoms. The maximum absolute atomic E-state index is 12.8. The summed E-state index contributed by atoms with van der Waals surface area (Å²) in [6.07, 6.45) is -0.0458. The molecule has 3 aromatic rings. The van der Waals surface area contributed by atoms with Crippen LogP contribution in [0.3, 0.4) is 0 Å². The average molecular weight is 463 g/mol. The molecule has 2 N–H and O–H groups in total. The highest BCUT2D eigenvalue weighted by molar-refractivity contribution is 7.89. The minimum Gasteiger partial charge on any atom is -0.333 e. The molecule has 8 nitrogen and oxygen atoms in total. The molecule has 0 unspecified atom stereocenters. The summed E-state index contributed by atoms with van der Waals surface area (Å²) in [5.74, 6) is 0.102. The number of hydrogen-bond acceptors (Lipinski definition) is 5. The molecule has 1 aromatic heterocycles. The van der Waals surface area contributed by atoms with E-state index in [0.29, 0.717) is 21.7 Å². The predicted octanol–water partition coefficient (Wildman–Crippen LogP) is 2.68. The van der Waals surface area contributed by atoms with Crippen molar-refractivity contribution in [2.45, 2.75) is 37.8 Å². The normalized spacial score (nSPS) is 11.7. The van der Waals surface area contributed by atoms with Gasteiger partial charge in [0.1, 0.15) is 5.82 Å². The van der Waals surface area contributed by atoms with E-state index < -0.39 is 10.0 Å². The Morgan fingerprint density at radius 1 is 1.19 bits per heavy atom. The van der Waals surface area contributed by atoms with Crippen LogP contribution in [-0.2, 0) is 21.4 Å². The third kappa shape index (κ3) is 5.69. The van der Waals surface area contributed by atoms with Gasteiger partial charge in [-0.2, -0.15) is 0 Å². The number of sulfonamides is 1. The molecule has 31 heavy (non-hydrogen) atoms. The summed E-state index contributed by atoms with van der Waals surface area (Å²) < 4.78 is 27.2. The van der Waals surface area contributed by atoms with Gasteiger partial charge in [0.25, 0.3) is 5.56 Å². The highest BCUT2D eigenvalue weighted by atomic mass is 35.5. The highest BCUT2D eigenvalue weighted by Gasteiger charge is 2.20. The van der Waals surface area contributed by atoms with E-state index in [1.54, 1.807) is 41.3 Å². The van der Waals surface area contributed by atoms with Crippen LogP contribution >= 0.6 is 11.6 Å². The van der Waals surface area contributed by atoms with Crippen molar-refractivity contribution in [2.24, 2.45) is 0 Å². The van der Waals surface area contributed by atoms with Crippen LogP contribution in [0.2, 0.25) is 5.02 Å². The number of aromatic amines is 1. The van der Waals surface area contributed by atoms with E-state index in [2.05, 4.69) is 14.7 Å². The maximum Gasteiger partial charge on any atom is 0.258 e. The van der Waals surface area contributed by atoms with Crippen LogP contribution in [-0.4, -0.2) is 41.8 Å². The zero-order valence-electron chi connectivity index (χ0n) is 17.1. The smallest absolute Gasteiger partial charge is 0.258 e. The molecule has 1 heterocycles. The number of nitrogens with one attached hydrogen (secondary N) is 2. The third-order valence-corrected chi connectivity index (χ3v) is 6.36. The molecule has 0 aliphatic carbocycles. The Morgan fingerprint density at radius 2 is 1.94 bits per heavy atom. The lowest BCUT2D eigenvalue weighted by Crippen LogP contribution is -2.39. The predicted molar refractivity (Wildman–Crippen MR) is 119 cm³/mol. The lowest BCUT2D eigenvalue weighted by atomic mass is 10.2. The number of H-pyrrole nitrogens is 1. The van der Waals surface area contributed by atoms with Crippen LogP contribution < -0.4 is 10.3 Å². The Balaban J connectivity index is 1.68. The van der Waals surface area contributed by atoms with Gasteiger partial charge in [-0.25, -0.2) is 18.1 Å². The second-order valence-electron chi connectivity index (χ2n) is 7.25. The van der Waals surface area contributed by atoms with Crippen LogP contribution in [0.5, 0.6) is 0 Å². The van der Waals surface area contributed by atoms with Crippen LogP contribution in [0, 0.1) is 0 Å². The molecule has 0 saturated heterocycles. The maximum atomic E-state index is 12.8. The number of rotatable bonds is 8. The number of hydrogen-bond donors (Lipinski definition) is 2. The van der Waals surface area contributed by atoms with Gasteiger partial charge in [0.15, 0.2) is 0 Å². The van der Waals surface area contributed by atoms with E-state index in [1.807, 2.05) is 13.8 Å². The van der Waals surface area contributed by atoms with Crippen molar-refractivity contribution >= 4 is 38.4 Å². The number of halogens is 1. The Bertz CT molecular complexity index is 1260. The molecule has 10 heteroatoms. The minimum absolute atomic E-state index is 0.0334. The van der Waals surface area contributed by atoms with Crippen molar-refractivity contribution in [1.82, 2.24) is 19.6 Å². The lowest BCUT2D eigenvalue weighted by Gasteiger charge is -2.26. The van der Waals surface area contributed by atoms with Gasteiger partial charge in [0.2, 0.25) is 15.9 Å². The van der Waals surface area contributed by atoms with Gasteiger partial charge in [0.05, 0.1) is 22.3 Å². The Morgan fingerprint density at radius 3 is 2.65 bits per heavy atom. The molecule has 0 atom stereocenters. The monoisotopic (exact) mass is 462 g/mol. The fourth-order valence-corrected chi connectivity index (χ4v) is 4.42. The summed E-state index contributed by atoms with van der Waals surface area (Å²) in [4.78, 5) is 33.8. The molecule has 0 bridgehead atoms. The van der Waals surface area contributed by atoms with Crippen molar-refractivity contribution in [2.75, 3.05) is 6.54 Å². The zero-order valence-corrected chi connectivity index (χ0v) is 18.7. The first-order valence-electron chi connectivity index (χ1n) is 9.70. The molecule has 0 fully saturated rings. The van der Waals surface area contributed by atoms with Crippen molar-refractivity contribution in [3.05, 3.63) is 69.7 Å². The van der Waals surface area contributed by atoms with E-state index in [-0.39, 0.29) is 41.9 Å². The van der Waals surface area contributed by atoms with Crippen LogP contribution in [0.4, 0.5) is 0 Å². The van der Waals surface area contributed by atoms with Gasteiger partial charge >= 0.3 is 0 Å². The summed E-state index contributed by atoms with van der Waals surface area (Å²) in [6.45, 7) is 3.72. The van der Waals surface area contributed by atoms with E-state index >= 15 is 0 Å². The van der Waals surface area contributed by atoms with Crippen molar-refractivity contribution in [3.8, 4) is 0 Å². The molecule has 0 saturated carbocycles. The zero-order chi connectivity index (χ0) is 22.6. The van der Waals surface area contributed by atoms with E-state index in [0.717, 1.165) is 0 Å². The quantitative estimate of drug-likeness (QED) is 0.534. The summed E-state index contributed by atoms with van der Waals surface area (Å²) in [7, 11) is -3.78. The number of carbonyl (C=O) groups excluding carboxylic acids is 1. The molecular weight excluding hydrogens is 440 g/mol. The number of carbonyl (C=O) groups is 1. The Kier molecular flexibility index (Phi) is 7.09. The molecule has 2 aromatic carbocycles. The molecular formula is C21H23ClN4O4S. The Labute approximate surface area is 185 Å². The van der Waals surface area contributed by atoms with Crippen molar-refractivity contribution in [3.63, 3.8) is 0 Å². The molecule has 3 rings (SSSR count). The summed E-state index contributed by atoms with van der Waals surface area (Å²) in [5.41, 5.74) is 0.276. The number of para-hydroxylation sites is 1. The van der Waals surface area contributed by atoms with Gasteiger partial charge in [-0.1, -0.05) is 29.8 Å².